The van der Waals surface area contributed by atoms with Gasteiger partial charge in [0, 0.05) is 16.5 Å². The third-order valence-electron chi connectivity index (χ3n) is 2.68. The summed E-state index contributed by atoms with van der Waals surface area (Å²) in [5.41, 5.74) is 0.669. The van der Waals surface area contributed by atoms with Crippen molar-refractivity contribution < 1.29 is 4.74 Å². The van der Waals surface area contributed by atoms with E-state index in [2.05, 4.69) is 9.97 Å². The molecule has 0 spiro atoms. The Hall–Kier alpha value is -1.03. The number of nitrogens with zero attached hydrogens (tertiary/aromatic N) is 2. The normalized spacial score (nSPS) is 10.9. The zero-order valence-electron chi connectivity index (χ0n) is 11.2. The van der Waals surface area contributed by atoms with Crippen molar-refractivity contribution in [1.29, 1.82) is 0 Å². The zero-order valence-corrected chi connectivity index (χ0v) is 13.5. The van der Waals surface area contributed by atoms with Crippen LogP contribution in [0.4, 0.5) is 0 Å². The molecule has 0 amide bonds. The van der Waals surface area contributed by atoms with E-state index in [1.165, 1.54) is 0 Å². The molecule has 6 heteroatoms. The standard InChI is InChI=1S/C14H13Cl3N2O/c1-7(2)13-18-12(17)8(3)14(19-13)20-11-5-4-9(15)6-10(11)16/h4-7H,1-3H3. The Morgan fingerprint density at radius 3 is 2.40 bits per heavy atom. The SMILES string of the molecule is Cc1c(Cl)nc(C(C)C)nc1Oc1ccc(Cl)cc1Cl. The number of ether oxygens (including phenoxy) is 1. The van der Waals surface area contributed by atoms with Gasteiger partial charge in [0.05, 0.1) is 5.02 Å². The van der Waals surface area contributed by atoms with Gasteiger partial charge in [0.25, 0.3) is 0 Å². The Labute approximate surface area is 132 Å². The summed E-state index contributed by atoms with van der Waals surface area (Å²) in [5, 5.41) is 1.34. The molecule has 0 bridgehead atoms. The summed E-state index contributed by atoms with van der Waals surface area (Å²) in [7, 11) is 0. The summed E-state index contributed by atoms with van der Waals surface area (Å²) in [6.07, 6.45) is 0. The maximum Gasteiger partial charge on any atom is 0.227 e. The highest BCUT2D eigenvalue weighted by Gasteiger charge is 2.14. The molecule has 0 saturated heterocycles. The van der Waals surface area contributed by atoms with E-state index in [9.17, 15) is 0 Å². The third-order valence-corrected chi connectivity index (χ3v) is 3.57. The summed E-state index contributed by atoms with van der Waals surface area (Å²) in [4.78, 5) is 8.61. The lowest BCUT2D eigenvalue weighted by Gasteiger charge is -2.12. The monoisotopic (exact) mass is 330 g/mol. The number of hydrogen-bond acceptors (Lipinski definition) is 3. The smallest absolute Gasteiger partial charge is 0.227 e. The molecule has 3 nitrogen and oxygen atoms in total. The molecular weight excluding hydrogens is 319 g/mol. The van der Waals surface area contributed by atoms with Gasteiger partial charge in [-0.2, -0.15) is 4.98 Å². The lowest BCUT2D eigenvalue weighted by atomic mass is 10.2. The van der Waals surface area contributed by atoms with Gasteiger partial charge in [-0.3, -0.25) is 0 Å². The van der Waals surface area contributed by atoms with Crippen LogP contribution in [0.1, 0.15) is 31.2 Å². The second-order valence-electron chi connectivity index (χ2n) is 4.63. The van der Waals surface area contributed by atoms with Gasteiger partial charge < -0.3 is 4.74 Å². The van der Waals surface area contributed by atoms with Gasteiger partial charge in [0.2, 0.25) is 5.88 Å². The van der Waals surface area contributed by atoms with E-state index in [1.54, 1.807) is 25.1 Å². The lowest BCUT2D eigenvalue weighted by Crippen LogP contribution is -2.02. The van der Waals surface area contributed by atoms with Crippen molar-refractivity contribution in [2.75, 3.05) is 0 Å². The average Bonchev–Trinajstić information content (AvgIpc) is 2.37. The van der Waals surface area contributed by atoms with Crippen LogP contribution in [-0.2, 0) is 0 Å². The number of benzene rings is 1. The lowest BCUT2D eigenvalue weighted by molar-refractivity contribution is 0.453. The number of aromatic nitrogens is 2. The molecular formula is C14H13Cl3N2O. The molecule has 20 heavy (non-hydrogen) atoms. The molecule has 0 fully saturated rings. The van der Waals surface area contributed by atoms with Crippen molar-refractivity contribution in [2.45, 2.75) is 26.7 Å². The first-order valence-corrected chi connectivity index (χ1v) is 7.18. The molecule has 0 atom stereocenters. The maximum absolute atomic E-state index is 6.11. The molecule has 1 aromatic heterocycles. The van der Waals surface area contributed by atoms with Crippen molar-refractivity contribution in [2.24, 2.45) is 0 Å². The van der Waals surface area contributed by atoms with Crippen LogP contribution in [-0.4, -0.2) is 9.97 Å². The minimum Gasteiger partial charge on any atom is -0.437 e. The second-order valence-corrected chi connectivity index (χ2v) is 5.84. The van der Waals surface area contributed by atoms with Gasteiger partial charge in [0.15, 0.2) is 0 Å². The second kappa shape index (κ2) is 6.17. The molecule has 2 aromatic rings. The molecule has 0 aliphatic rings. The molecule has 1 heterocycles. The van der Waals surface area contributed by atoms with E-state index in [1.807, 2.05) is 13.8 Å². The minimum absolute atomic E-state index is 0.149. The maximum atomic E-state index is 6.11. The number of rotatable bonds is 3. The summed E-state index contributed by atoms with van der Waals surface area (Å²) in [5.74, 6) is 1.65. The minimum atomic E-state index is 0.149. The van der Waals surface area contributed by atoms with E-state index < -0.39 is 0 Å². The van der Waals surface area contributed by atoms with Crippen molar-refractivity contribution in [3.63, 3.8) is 0 Å². The van der Waals surface area contributed by atoms with Crippen molar-refractivity contribution >= 4 is 34.8 Å². The van der Waals surface area contributed by atoms with Gasteiger partial charge in [-0.15, -0.1) is 0 Å². The van der Waals surface area contributed by atoms with Crippen LogP contribution >= 0.6 is 34.8 Å². The first kappa shape index (κ1) is 15.4. The highest BCUT2D eigenvalue weighted by Crippen LogP contribution is 2.34. The van der Waals surface area contributed by atoms with Crippen LogP contribution in [0.25, 0.3) is 0 Å². The summed E-state index contributed by atoms with van der Waals surface area (Å²) < 4.78 is 5.74. The fourth-order valence-electron chi connectivity index (χ4n) is 1.51. The number of halogens is 3. The molecule has 0 aliphatic carbocycles. The van der Waals surface area contributed by atoms with Gasteiger partial charge in [0.1, 0.15) is 16.7 Å². The van der Waals surface area contributed by atoms with Crippen molar-refractivity contribution in [1.82, 2.24) is 9.97 Å². The highest BCUT2D eigenvalue weighted by atomic mass is 35.5. The van der Waals surface area contributed by atoms with Crippen molar-refractivity contribution in [3.8, 4) is 11.6 Å². The molecule has 0 N–H and O–H groups in total. The first-order valence-electron chi connectivity index (χ1n) is 6.05. The van der Waals surface area contributed by atoms with Crippen LogP contribution in [0.15, 0.2) is 18.2 Å². The number of hydrogen-bond donors (Lipinski definition) is 0. The fraction of sp³-hybridized carbons (Fsp3) is 0.286. The average molecular weight is 332 g/mol. The largest absolute Gasteiger partial charge is 0.437 e. The molecule has 2 rings (SSSR count). The Morgan fingerprint density at radius 1 is 1.10 bits per heavy atom. The quantitative estimate of drug-likeness (QED) is 0.680. The van der Waals surface area contributed by atoms with E-state index >= 15 is 0 Å². The first-order chi connectivity index (χ1) is 9.38. The fourth-order valence-corrected chi connectivity index (χ4v) is 2.12. The van der Waals surface area contributed by atoms with Gasteiger partial charge in [-0.05, 0) is 25.1 Å². The van der Waals surface area contributed by atoms with E-state index in [4.69, 9.17) is 39.5 Å². The van der Waals surface area contributed by atoms with Crippen molar-refractivity contribution in [3.05, 3.63) is 44.8 Å². The van der Waals surface area contributed by atoms with E-state index in [0.717, 1.165) is 0 Å². The molecule has 1 aromatic carbocycles. The molecule has 0 unspecified atom stereocenters. The summed E-state index contributed by atoms with van der Waals surface area (Å²) in [6.45, 7) is 5.77. The molecule has 0 aliphatic heterocycles. The Balaban J connectivity index is 2.42. The Kier molecular flexibility index (Phi) is 4.74. The summed E-state index contributed by atoms with van der Waals surface area (Å²) >= 11 is 18.1. The van der Waals surface area contributed by atoms with E-state index in [0.29, 0.717) is 38.2 Å². The van der Waals surface area contributed by atoms with Gasteiger partial charge in [-0.25, -0.2) is 4.98 Å². The van der Waals surface area contributed by atoms with Gasteiger partial charge >= 0.3 is 0 Å². The zero-order chi connectivity index (χ0) is 14.9. The summed E-state index contributed by atoms with van der Waals surface area (Å²) in [6, 6.07) is 5.00. The molecule has 0 saturated carbocycles. The molecule has 106 valence electrons. The molecule has 0 radical (unpaired) electrons. The van der Waals surface area contributed by atoms with Gasteiger partial charge in [-0.1, -0.05) is 48.7 Å². The van der Waals surface area contributed by atoms with Crippen LogP contribution < -0.4 is 4.74 Å². The Bertz CT molecular complexity index is 645. The van der Waals surface area contributed by atoms with Crippen LogP contribution in [0.2, 0.25) is 15.2 Å². The highest BCUT2D eigenvalue weighted by molar-refractivity contribution is 6.35. The van der Waals surface area contributed by atoms with Crippen LogP contribution in [0, 0.1) is 6.92 Å². The third kappa shape index (κ3) is 3.35. The Morgan fingerprint density at radius 2 is 1.80 bits per heavy atom. The predicted octanol–water partition coefficient (Wildman–Crippen LogP) is 5.66. The van der Waals surface area contributed by atoms with Crippen LogP contribution in [0.3, 0.4) is 0 Å². The predicted molar refractivity (Wildman–Crippen MR) is 82.4 cm³/mol. The topological polar surface area (TPSA) is 35.0 Å². The van der Waals surface area contributed by atoms with E-state index in [-0.39, 0.29) is 5.92 Å². The van der Waals surface area contributed by atoms with Crippen LogP contribution in [0.5, 0.6) is 11.6 Å².